The van der Waals surface area contributed by atoms with Gasteiger partial charge in [0.25, 0.3) is 0 Å². The van der Waals surface area contributed by atoms with Crippen LogP contribution < -0.4 is 0 Å². The first kappa shape index (κ1) is 19.2. The normalized spacial score (nSPS) is 13.0. The number of aromatic nitrogens is 2. The highest BCUT2D eigenvalue weighted by atomic mass is 16.5. The maximum Gasteiger partial charge on any atom is 0.0945 e. The first-order chi connectivity index (χ1) is 10.2. The summed E-state index contributed by atoms with van der Waals surface area (Å²) in [7, 11) is 0. The van der Waals surface area contributed by atoms with Gasteiger partial charge in [-0.15, -0.1) is 0 Å². The van der Waals surface area contributed by atoms with Gasteiger partial charge in [-0.05, 0) is 52.1 Å². The van der Waals surface area contributed by atoms with Crippen molar-refractivity contribution in [3.63, 3.8) is 0 Å². The van der Waals surface area contributed by atoms with Crippen LogP contribution in [0.25, 0.3) is 0 Å². The number of nitrogens with zero attached hydrogens (tertiary/aromatic N) is 3. The standard InChI is InChI=1S/C18H35N3O/c1-17(2,3)8-12-20(14-15-22-18(4,5)6)10-7-11-21-13-9-19-16-21/h9,13,16H,7-8,10-12,14-15H2,1-6H3. The zero-order valence-electron chi connectivity index (χ0n) is 15.4. The molecule has 4 heteroatoms. The number of rotatable bonds is 9. The van der Waals surface area contributed by atoms with E-state index in [1.54, 1.807) is 0 Å². The average Bonchev–Trinajstić information content (AvgIpc) is 2.86. The summed E-state index contributed by atoms with van der Waals surface area (Å²) in [6.07, 6.45) is 8.13. The highest BCUT2D eigenvalue weighted by Crippen LogP contribution is 2.19. The fourth-order valence-corrected chi connectivity index (χ4v) is 2.21. The van der Waals surface area contributed by atoms with E-state index >= 15 is 0 Å². The molecule has 4 nitrogen and oxygen atoms in total. The number of aryl methyl sites for hydroxylation is 1. The van der Waals surface area contributed by atoms with Crippen LogP contribution in [-0.2, 0) is 11.3 Å². The van der Waals surface area contributed by atoms with Crippen molar-refractivity contribution in [2.75, 3.05) is 26.2 Å². The van der Waals surface area contributed by atoms with Crippen LogP contribution >= 0.6 is 0 Å². The van der Waals surface area contributed by atoms with Crippen LogP contribution in [0.1, 0.15) is 54.4 Å². The molecular weight excluding hydrogens is 274 g/mol. The van der Waals surface area contributed by atoms with Crippen molar-refractivity contribution in [1.29, 1.82) is 0 Å². The molecule has 1 rings (SSSR count). The minimum absolute atomic E-state index is 0.0491. The molecule has 0 unspecified atom stereocenters. The summed E-state index contributed by atoms with van der Waals surface area (Å²) < 4.78 is 8.03. The molecule has 0 aromatic carbocycles. The summed E-state index contributed by atoms with van der Waals surface area (Å²) in [4.78, 5) is 6.63. The van der Waals surface area contributed by atoms with Gasteiger partial charge in [0.2, 0.25) is 0 Å². The van der Waals surface area contributed by atoms with E-state index in [0.717, 1.165) is 39.2 Å². The third kappa shape index (κ3) is 9.96. The Labute approximate surface area is 136 Å². The van der Waals surface area contributed by atoms with E-state index in [-0.39, 0.29) is 5.60 Å². The predicted octanol–water partition coefficient (Wildman–Crippen LogP) is 3.83. The van der Waals surface area contributed by atoms with Crippen LogP contribution in [0.5, 0.6) is 0 Å². The largest absolute Gasteiger partial charge is 0.375 e. The van der Waals surface area contributed by atoms with Gasteiger partial charge in [-0.1, -0.05) is 20.8 Å². The van der Waals surface area contributed by atoms with Crippen molar-refractivity contribution in [3.8, 4) is 0 Å². The molecule has 0 aliphatic heterocycles. The summed E-state index contributed by atoms with van der Waals surface area (Å²) in [6.45, 7) is 18.4. The van der Waals surface area contributed by atoms with E-state index in [2.05, 4.69) is 56.0 Å². The molecule has 128 valence electrons. The van der Waals surface area contributed by atoms with Gasteiger partial charge >= 0.3 is 0 Å². The summed E-state index contributed by atoms with van der Waals surface area (Å²) >= 11 is 0. The minimum Gasteiger partial charge on any atom is -0.375 e. The van der Waals surface area contributed by atoms with Gasteiger partial charge in [0.05, 0.1) is 18.5 Å². The summed E-state index contributed by atoms with van der Waals surface area (Å²) in [6, 6.07) is 0. The van der Waals surface area contributed by atoms with Crippen LogP contribution in [0.15, 0.2) is 18.7 Å². The molecule has 22 heavy (non-hydrogen) atoms. The highest BCUT2D eigenvalue weighted by Gasteiger charge is 2.15. The van der Waals surface area contributed by atoms with Crippen molar-refractivity contribution < 1.29 is 4.74 Å². The molecule has 0 atom stereocenters. The third-order valence-corrected chi connectivity index (χ3v) is 3.57. The monoisotopic (exact) mass is 309 g/mol. The SMILES string of the molecule is CC(C)(C)CCN(CCCn1ccnc1)CCOC(C)(C)C. The Bertz CT molecular complexity index is 387. The molecule has 0 amide bonds. The number of imidazole rings is 1. The van der Waals surface area contributed by atoms with E-state index in [0.29, 0.717) is 5.41 Å². The lowest BCUT2D eigenvalue weighted by atomic mass is 9.92. The number of hydrogen-bond donors (Lipinski definition) is 0. The van der Waals surface area contributed by atoms with Crippen molar-refractivity contribution in [2.45, 2.75) is 66.5 Å². The van der Waals surface area contributed by atoms with Crippen LogP contribution in [-0.4, -0.2) is 46.3 Å². The zero-order valence-corrected chi connectivity index (χ0v) is 15.4. The number of ether oxygens (including phenoxy) is 1. The summed E-state index contributed by atoms with van der Waals surface area (Å²) in [5.41, 5.74) is 0.333. The molecule has 0 bridgehead atoms. The zero-order chi connectivity index (χ0) is 16.6. The topological polar surface area (TPSA) is 30.3 Å². The van der Waals surface area contributed by atoms with E-state index in [1.807, 2.05) is 18.7 Å². The van der Waals surface area contributed by atoms with E-state index < -0.39 is 0 Å². The predicted molar refractivity (Wildman–Crippen MR) is 93.1 cm³/mol. The van der Waals surface area contributed by atoms with Gasteiger partial charge in [0.15, 0.2) is 0 Å². The van der Waals surface area contributed by atoms with Crippen LogP contribution in [0.4, 0.5) is 0 Å². The van der Waals surface area contributed by atoms with Gasteiger partial charge in [-0.25, -0.2) is 4.98 Å². The molecule has 0 spiro atoms. The van der Waals surface area contributed by atoms with Crippen LogP contribution in [0, 0.1) is 5.41 Å². The molecule has 0 fully saturated rings. The van der Waals surface area contributed by atoms with Gasteiger partial charge in [0.1, 0.15) is 0 Å². The van der Waals surface area contributed by atoms with Crippen molar-refractivity contribution in [3.05, 3.63) is 18.7 Å². The first-order valence-electron chi connectivity index (χ1n) is 8.48. The molecule has 0 N–H and O–H groups in total. The van der Waals surface area contributed by atoms with Crippen LogP contribution in [0.2, 0.25) is 0 Å². The van der Waals surface area contributed by atoms with Crippen molar-refractivity contribution >= 4 is 0 Å². The second-order valence-electron chi connectivity index (χ2n) is 8.27. The Morgan fingerprint density at radius 3 is 2.32 bits per heavy atom. The van der Waals surface area contributed by atoms with Crippen LogP contribution in [0.3, 0.4) is 0 Å². The lowest BCUT2D eigenvalue weighted by Crippen LogP contribution is -2.34. The molecule has 1 aromatic heterocycles. The van der Waals surface area contributed by atoms with E-state index in [9.17, 15) is 0 Å². The number of hydrogen-bond acceptors (Lipinski definition) is 3. The first-order valence-corrected chi connectivity index (χ1v) is 8.48. The third-order valence-electron chi connectivity index (χ3n) is 3.57. The fourth-order valence-electron chi connectivity index (χ4n) is 2.21. The minimum atomic E-state index is -0.0491. The smallest absolute Gasteiger partial charge is 0.0945 e. The molecule has 1 aromatic rings. The Morgan fingerprint density at radius 2 is 1.77 bits per heavy atom. The Hall–Kier alpha value is -0.870. The van der Waals surface area contributed by atoms with E-state index in [4.69, 9.17) is 4.74 Å². The Morgan fingerprint density at radius 1 is 1.05 bits per heavy atom. The summed E-state index contributed by atoms with van der Waals surface area (Å²) in [5, 5.41) is 0. The molecule has 1 heterocycles. The Balaban J connectivity index is 2.35. The maximum absolute atomic E-state index is 5.89. The van der Waals surface area contributed by atoms with Gasteiger partial charge < -0.3 is 14.2 Å². The average molecular weight is 309 g/mol. The second kappa shape index (κ2) is 8.68. The van der Waals surface area contributed by atoms with Gasteiger partial charge in [-0.2, -0.15) is 0 Å². The van der Waals surface area contributed by atoms with Gasteiger partial charge in [0, 0.05) is 25.5 Å². The molecule has 0 saturated carbocycles. The highest BCUT2D eigenvalue weighted by molar-refractivity contribution is 4.74. The summed E-state index contributed by atoms with van der Waals surface area (Å²) in [5.74, 6) is 0. The molecule has 0 saturated heterocycles. The maximum atomic E-state index is 5.89. The fraction of sp³-hybridized carbons (Fsp3) is 0.833. The molecule has 0 aliphatic carbocycles. The lowest BCUT2D eigenvalue weighted by molar-refractivity contribution is -0.0140. The van der Waals surface area contributed by atoms with Crippen molar-refractivity contribution in [2.24, 2.45) is 5.41 Å². The van der Waals surface area contributed by atoms with E-state index in [1.165, 1.54) is 6.42 Å². The Kier molecular flexibility index (Phi) is 7.57. The molecular formula is C18H35N3O. The van der Waals surface area contributed by atoms with Gasteiger partial charge in [-0.3, -0.25) is 0 Å². The molecule has 0 aliphatic rings. The molecule has 0 radical (unpaired) electrons. The van der Waals surface area contributed by atoms with Crippen molar-refractivity contribution in [1.82, 2.24) is 14.5 Å². The lowest BCUT2D eigenvalue weighted by Gasteiger charge is -2.28. The second-order valence-corrected chi connectivity index (χ2v) is 8.27. The quantitative estimate of drug-likeness (QED) is 0.694.